The molecule has 1 aromatic heterocycles. The first kappa shape index (κ1) is 9.08. The second-order valence-electron chi connectivity index (χ2n) is 3.66. The van der Waals surface area contributed by atoms with Crippen LogP contribution >= 0.6 is 0 Å². The molecular formula is C11H7FN2O2. The molecule has 0 unspecified atom stereocenters. The van der Waals surface area contributed by atoms with Crippen LogP contribution in [0.4, 0.5) is 4.39 Å². The number of rotatable bonds is 0. The van der Waals surface area contributed by atoms with Crippen molar-refractivity contribution < 1.29 is 14.0 Å². The van der Waals surface area contributed by atoms with Crippen molar-refractivity contribution >= 4 is 17.3 Å². The summed E-state index contributed by atoms with van der Waals surface area (Å²) >= 11 is 0. The van der Waals surface area contributed by atoms with Gasteiger partial charge in [-0.1, -0.05) is 0 Å². The largest absolute Gasteiger partial charge is 0.374 e. The molecule has 5 heteroatoms. The number of nitrogens with one attached hydrogen (secondary N) is 1. The number of halogens is 1. The predicted molar refractivity (Wildman–Crippen MR) is 53.6 cm³/mol. The number of carbonyl (C=O) groups is 2. The summed E-state index contributed by atoms with van der Waals surface area (Å²) in [5.41, 5.74) is 1.08. The van der Waals surface area contributed by atoms with Crippen molar-refractivity contribution in [1.82, 2.24) is 9.88 Å². The molecule has 2 heterocycles. The maximum Gasteiger partial charge on any atom is 0.204 e. The Morgan fingerprint density at radius 2 is 2.00 bits per heavy atom. The Labute approximate surface area is 90.1 Å². The van der Waals surface area contributed by atoms with Gasteiger partial charge in [0.2, 0.25) is 11.6 Å². The minimum Gasteiger partial charge on any atom is -0.374 e. The van der Waals surface area contributed by atoms with Crippen LogP contribution in [0.5, 0.6) is 0 Å². The van der Waals surface area contributed by atoms with E-state index >= 15 is 0 Å². The van der Waals surface area contributed by atoms with Crippen LogP contribution in [0.2, 0.25) is 0 Å². The highest BCUT2D eigenvalue weighted by Crippen LogP contribution is 2.25. The summed E-state index contributed by atoms with van der Waals surface area (Å²) in [5.74, 6) is -0.964. The summed E-state index contributed by atoms with van der Waals surface area (Å²) in [6.45, 7) is 0.343. The van der Waals surface area contributed by atoms with Crippen molar-refractivity contribution in [2.45, 2.75) is 6.54 Å². The van der Waals surface area contributed by atoms with Crippen LogP contribution in [0.15, 0.2) is 30.1 Å². The maximum atomic E-state index is 13.1. The number of ketones is 2. The Hall–Kier alpha value is -2.17. The second-order valence-corrected chi connectivity index (χ2v) is 3.66. The molecule has 0 aromatic carbocycles. The van der Waals surface area contributed by atoms with Crippen molar-refractivity contribution in [2.24, 2.45) is 0 Å². The Morgan fingerprint density at radius 1 is 1.25 bits per heavy atom. The van der Waals surface area contributed by atoms with Gasteiger partial charge in [-0.25, -0.2) is 4.39 Å². The molecule has 0 saturated heterocycles. The van der Waals surface area contributed by atoms with Crippen LogP contribution < -0.4 is 5.32 Å². The molecule has 1 aliphatic heterocycles. The molecule has 0 saturated carbocycles. The number of nitrogens with zero attached hydrogens (tertiary/aromatic N) is 1. The van der Waals surface area contributed by atoms with E-state index in [0.717, 1.165) is 0 Å². The molecule has 0 bridgehead atoms. The summed E-state index contributed by atoms with van der Waals surface area (Å²) in [7, 11) is 0. The van der Waals surface area contributed by atoms with Gasteiger partial charge in [-0.05, 0) is 18.2 Å². The predicted octanol–water partition coefficient (Wildman–Crippen LogP) is 0.607. The van der Waals surface area contributed by atoms with Crippen LogP contribution in [0, 0.1) is 5.82 Å². The molecule has 16 heavy (non-hydrogen) atoms. The highest BCUT2D eigenvalue weighted by molar-refractivity contribution is 6.32. The van der Waals surface area contributed by atoms with Gasteiger partial charge in [0.15, 0.2) is 0 Å². The van der Waals surface area contributed by atoms with Gasteiger partial charge in [0, 0.05) is 11.9 Å². The fraction of sp³-hybridized carbons (Fsp3) is 0.0909. The van der Waals surface area contributed by atoms with E-state index in [2.05, 4.69) is 5.32 Å². The number of carbonyl (C=O) groups excluding carboxylic acids is 2. The molecule has 2 aliphatic rings. The van der Waals surface area contributed by atoms with Gasteiger partial charge in [0.1, 0.15) is 17.2 Å². The van der Waals surface area contributed by atoms with E-state index in [1.54, 1.807) is 0 Å². The number of fused-ring (bicyclic) bond motifs is 2. The fourth-order valence-electron chi connectivity index (χ4n) is 1.96. The molecule has 1 aliphatic carbocycles. The SMILES string of the molecule is O=C1C=CC(=O)C2=C1NCc1cc(F)cn12. The topological polar surface area (TPSA) is 51.1 Å². The Bertz CT molecular complexity index is 581. The lowest BCUT2D eigenvalue weighted by atomic mass is 10.0. The van der Waals surface area contributed by atoms with Crippen LogP contribution in [-0.4, -0.2) is 16.1 Å². The average molecular weight is 218 g/mol. The van der Waals surface area contributed by atoms with Crippen LogP contribution in [0.25, 0.3) is 5.70 Å². The zero-order valence-electron chi connectivity index (χ0n) is 8.16. The van der Waals surface area contributed by atoms with Crippen LogP contribution in [-0.2, 0) is 16.1 Å². The lowest BCUT2D eigenvalue weighted by molar-refractivity contribution is -0.114. The van der Waals surface area contributed by atoms with Gasteiger partial charge in [-0.2, -0.15) is 0 Å². The number of hydrogen-bond acceptors (Lipinski definition) is 3. The highest BCUT2D eigenvalue weighted by atomic mass is 19.1. The first-order chi connectivity index (χ1) is 7.66. The van der Waals surface area contributed by atoms with Gasteiger partial charge in [0.05, 0.1) is 6.54 Å². The summed E-state index contributed by atoms with van der Waals surface area (Å²) in [6.07, 6.45) is 3.64. The number of aromatic nitrogens is 1. The molecular weight excluding hydrogens is 211 g/mol. The third-order valence-corrected chi connectivity index (χ3v) is 2.66. The molecule has 0 radical (unpaired) electrons. The molecule has 80 valence electrons. The van der Waals surface area contributed by atoms with Crippen LogP contribution in [0.3, 0.4) is 0 Å². The number of hydrogen-bond donors (Lipinski definition) is 1. The molecule has 0 fully saturated rings. The van der Waals surface area contributed by atoms with Crippen molar-refractivity contribution in [3.05, 3.63) is 41.6 Å². The highest BCUT2D eigenvalue weighted by Gasteiger charge is 2.29. The van der Waals surface area contributed by atoms with E-state index in [1.807, 2.05) is 0 Å². The third kappa shape index (κ3) is 1.08. The Morgan fingerprint density at radius 3 is 2.81 bits per heavy atom. The molecule has 1 aromatic rings. The zero-order valence-corrected chi connectivity index (χ0v) is 8.16. The fourth-order valence-corrected chi connectivity index (χ4v) is 1.96. The van der Waals surface area contributed by atoms with E-state index in [0.29, 0.717) is 12.2 Å². The van der Waals surface area contributed by atoms with Crippen LogP contribution in [0.1, 0.15) is 5.69 Å². The van der Waals surface area contributed by atoms with Crippen molar-refractivity contribution in [3.63, 3.8) is 0 Å². The first-order valence-corrected chi connectivity index (χ1v) is 4.79. The zero-order chi connectivity index (χ0) is 11.3. The van der Waals surface area contributed by atoms with E-state index in [9.17, 15) is 14.0 Å². The van der Waals surface area contributed by atoms with Crippen molar-refractivity contribution in [3.8, 4) is 0 Å². The van der Waals surface area contributed by atoms with Crippen molar-refractivity contribution in [1.29, 1.82) is 0 Å². The minimum absolute atomic E-state index is 0.206. The van der Waals surface area contributed by atoms with Crippen molar-refractivity contribution in [2.75, 3.05) is 0 Å². The van der Waals surface area contributed by atoms with Gasteiger partial charge < -0.3 is 9.88 Å². The smallest absolute Gasteiger partial charge is 0.204 e. The third-order valence-electron chi connectivity index (χ3n) is 2.66. The molecule has 0 amide bonds. The lowest BCUT2D eigenvalue weighted by Gasteiger charge is -2.23. The van der Waals surface area contributed by atoms with E-state index in [1.165, 1.54) is 29.0 Å². The monoisotopic (exact) mass is 218 g/mol. The lowest BCUT2D eigenvalue weighted by Crippen LogP contribution is -2.32. The normalized spacial score (nSPS) is 18.3. The minimum atomic E-state index is -0.416. The molecule has 0 spiro atoms. The average Bonchev–Trinajstić information content (AvgIpc) is 2.63. The summed E-state index contributed by atoms with van der Waals surface area (Å²) in [4.78, 5) is 23.2. The summed E-state index contributed by atoms with van der Waals surface area (Å²) in [6, 6.07) is 1.34. The van der Waals surface area contributed by atoms with Gasteiger partial charge in [-0.3, -0.25) is 9.59 Å². The molecule has 4 nitrogen and oxygen atoms in total. The second kappa shape index (κ2) is 2.91. The van der Waals surface area contributed by atoms with E-state index in [-0.39, 0.29) is 23.0 Å². The molecule has 0 atom stereocenters. The van der Waals surface area contributed by atoms with E-state index in [4.69, 9.17) is 0 Å². The Kier molecular flexibility index (Phi) is 1.65. The van der Waals surface area contributed by atoms with Gasteiger partial charge >= 0.3 is 0 Å². The number of allylic oxidation sites excluding steroid dienone is 3. The first-order valence-electron chi connectivity index (χ1n) is 4.79. The Balaban J connectivity index is 2.26. The van der Waals surface area contributed by atoms with Gasteiger partial charge in [0.25, 0.3) is 0 Å². The van der Waals surface area contributed by atoms with E-state index < -0.39 is 5.82 Å². The quantitative estimate of drug-likeness (QED) is 0.649. The molecule has 1 N–H and O–H groups in total. The van der Waals surface area contributed by atoms with Gasteiger partial charge in [-0.15, -0.1) is 0 Å². The molecule has 3 rings (SSSR count). The summed E-state index contributed by atoms with van der Waals surface area (Å²) in [5, 5.41) is 2.84. The maximum absolute atomic E-state index is 13.1. The standard InChI is InChI=1S/C11H7FN2O2/c12-6-3-7-4-13-10-8(15)1-2-9(16)11(10)14(7)5-6/h1-3,5,13H,4H2. The summed E-state index contributed by atoms with van der Waals surface area (Å²) < 4.78 is 14.5.